The molecule has 1 amide bonds. The molecule has 1 heterocycles. The van der Waals surface area contributed by atoms with Crippen LogP contribution < -0.4 is 0 Å². The molecule has 1 aromatic carbocycles. The van der Waals surface area contributed by atoms with E-state index >= 15 is 0 Å². The van der Waals surface area contributed by atoms with Crippen LogP contribution in [-0.4, -0.2) is 40.6 Å². The van der Waals surface area contributed by atoms with Crippen molar-refractivity contribution in [3.63, 3.8) is 0 Å². The highest BCUT2D eigenvalue weighted by atomic mass is 19.1. The molecule has 0 atom stereocenters. The fraction of sp³-hybridized carbons (Fsp3) is 0.467. The molecule has 0 spiro atoms. The number of carbonyl (C=O) groups excluding carboxylic acids is 1. The van der Waals surface area contributed by atoms with Gasteiger partial charge in [-0.05, 0) is 32.9 Å². The number of hydrogen-bond donors (Lipinski definition) is 1. The number of carbonyl (C=O) groups is 1. The summed E-state index contributed by atoms with van der Waals surface area (Å²) in [5.74, 6) is -1.83. The highest BCUT2D eigenvalue weighted by Gasteiger charge is 2.38. The van der Waals surface area contributed by atoms with Crippen LogP contribution in [0.3, 0.4) is 0 Å². The van der Waals surface area contributed by atoms with Crippen molar-refractivity contribution < 1.29 is 23.5 Å². The van der Waals surface area contributed by atoms with Gasteiger partial charge in [-0.25, -0.2) is 13.6 Å². The van der Waals surface area contributed by atoms with Gasteiger partial charge in [-0.15, -0.1) is 0 Å². The second-order valence-electron chi connectivity index (χ2n) is 6.19. The van der Waals surface area contributed by atoms with Crippen molar-refractivity contribution in [2.45, 2.75) is 26.4 Å². The molecule has 1 aliphatic heterocycles. The molecule has 1 aliphatic rings. The molecule has 5 nitrogen and oxygen atoms in total. The van der Waals surface area contributed by atoms with E-state index in [0.29, 0.717) is 0 Å². The lowest BCUT2D eigenvalue weighted by molar-refractivity contribution is 0.00670. The predicted octanol–water partition coefficient (Wildman–Crippen LogP) is 3.01. The van der Waals surface area contributed by atoms with Crippen molar-refractivity contribution in [1.29, 1.82) is 0 Å². The number of rotatable bonds is 2. The van der Waals surface area contributed by atoms with Gasteiger partial charge in [0.05, 0.1) is 5.71 Å². The maximum atomic E-state index is 13.7. The summed E-state index contributed by atoms with van der Waals surface area (Å²) >= 11 is 0. The standard InChI is InChI=1S/C15H18F2N2O3/c1-15(2,3)22-14(20)19-7-9(8-19)13(18-21)11-5-4-10(16)6-12(11)17/h4-6,9,21H,7-8H2,1-3H3/b18-13+. The molecule has 0 bridgehead atoms. The minimum atomic E-state index is -0.802. The van der Waals surface area contributed by atoms with E-state index in [9.17, 15) is 13.6 Å². The third-order valence-corrected chi connectivity index (χ3v) is 3.23. The van der Waals surface area contributed by atoms with Gasteiger partial charge < -0.3 is 14.8 Å². The molecule has 0 radical (unpaired) electrons. The first-order valence-electron chi connectivity index (χ1n) is 6.86. The third kappa shape index (κ3) is 3.52. The van der Waals surface area contributed by atoms with E-state index in [2.05, 4.69) is 5.16 Å². The van der Waals surface area contributed by atoms with E-state index in [1.807, 2.05) is 0 Å². The smallest absolute Gasteiger partial charge is 0.410 e. The number of oxime groups is 1. The van der Waals surface area contributed by atoms with Crippen LogP contribution in [0.4, 0.5) is 13.6 Å². The van der Waals surface area contributed by atoms with Gasteiger partial charge in [0.25, 0.3) is 0 Å². The minimum absolute atomic E-state index is 0.0257. The summed E-state index contributed by atoms with van der Waals surface area (Å²) in [5, 5.41) is 12.2. The van der Waals surface area contributed by atoms with Crippen molar-refractivity contribution >= 4 is 11.8 Å². The highest BCUT2D eigenvalue weighted by molar-refractivity contribution is 6.03. The molecule has 120 valence electrons. The predicted molar refractivity (Wildman–Crippen MR) is 76.0 cm³/mol. The van der Waals surface area contributed by atoms with E-state index in [4.69, 9.17) is 9.94 Å². The van der Waals surface area contributed by atoms with Gasteiger partial charge in [0.1, 0.15) is 17.2 Å². The number of halogens is 2. The van der Waals surface area contributed by atoms with Gasteiger partial charge in [-0.2, -0.15) is 0 Å². The maximum Gasteiger partial charge on any atom is 0.410 e. The Kier molecular flexibility index (Phi) is 4.35. The van der Waals surface area contributed by atoms with Gasteiger partial charge in [-0.3, -0.25) is 0 Å². The topological polar surface area (TPSA) is 62.1 Å². The Morgan fingerprint density at radius 1 is 1.36 bits per heavy atom. The summed E-state index contributed by atoms with van der Waals surface area (Å²) in [6.45, 7) is 5.79. The van der Waals surface area contributed by atoms with Crippen LogP contribution >= 0.6 is 0 Å². The molecular formula is C15H18F2N2O3. The second-order valence-corrected chi connectivity index (χ2v) is 6.19. The monoisotopic (exact) mass is 312 g/mol. The molecule has 1 N–H and O–H groups in total. The Morgan fingerprint density at radius 2 is 2.00 bits per heavy atom. The van der Waals surface area contributed by atoms with Crippen molar-refractivity contribution in [2.75, 3.05) is 13.1 Å². The van der Waals surface area contributed by atoms with E-state index < -0.39 is 23.3 Å². The van der Waals surface area contributed by atoms with Crippen LogP contribution in [0.2, 0.25) is 0 Å². The van der Waals surface area contributed by atoms with Crippen LogP contribution in [-0.2, 0) is 4.74 Å². The zero-order chi connectivity index (χ0) is 16.5. The van der Waals surface area contributed by atoms with Crippen LogP contribution in [0.1, 0.15) is 26.3 Å². The molecule has 1 fully saturated rings. The first-order valence-corrected chi connectivity index (χ1v) is 6.86. The van der Waals surface area contributed by atoms with Crippen LogP contribution in [0, 0.1) is 17.6 Å². The number of hydrogen-bond acceptors (Lipinski definition) is 4. The molecule has 2 rings (SSSR count). The Hall–Kier alpha value is -2.18. The summed E-state index contributed by atoms with van der Waals surface area (Å²) in [6, 6.07) is 3.04. The average Bonchev–Trinajstić information content (AvgIpc) is 2.31. The number of nitrogens with zero attached hydrogens (tertiary/aromatic N) is 2. The molecule has 0 aliphatic carbocycles. The molecule has 7 heteroatoms. The van der Waals surface area contributed by atoms with Crippen molar-refractivity contribution in [2.24, 2.45) is 11.1 Å². The lowest BCUT2D eigenvalue weighted by atomic mass is 9.90. The average molecular weight is 312 g/mol. The molecular weight excluding hydrogens is 294 g/mol. The molecule has 1 saturated heterocycles. The lowest BCUT2D eigenvalue weighted by Gasteiger charge is -2.39. The molecule has 1 aromatic rings. The quantitative estimate of drug-likeness (QED) is 0.519. The number of amides is 1. The fourth-order valence-corrected chi connectivity index (χ4v) is 2.18. The van der Waals surface area contributed by atoms with E-state index in [1.165, 1.54) is 11.0 Å². The zero-order valence-corrected chi connectivity index (χ0v) is 12.6. The van der Waals surface area contributed by atoms with Gasteiger partial charge in [-0.1, -0.05) is 5.16 Å². The summed E-state index contributed by atoms with van der Waals surface area (Å²) in [7, 11) is 0. The van der Waals surface area contributed by atoms with Crippen LogP contribution in [0.15, 0.2) is 23.4 Å². The largest absolute Gasteiger partial charge is 0.444 e. The molecule has 0 saturated carbocycles. The fourth-order valence-electron chi connectivity index (χ4n) is 2.18. The molecule has 22 heavy (non-hydrogen) atoms. The normalized spacial score (nSPS) is 16.4. The third-order valence-electron chi connectivity index (χ3n) is 3.23. The van der Waals surface area contributed by atoms with Crippen molar-refractivity contribution in [3.8, 4) is 0 Å². The van der Waals surface area contributed by atoms with Gasteiger partial charge in [0.2, 0.25) is 0 Å². The van der Waals surface area contributed by atoms with Gasteiger partial charge in [0.15, 0.2) is 0 Å². The molecule has 0 unspecified atom stereocenters. The summed E-state index contributed by atoms with van der Waals surface area (Å²) in [4.78, 5) is 13.3. The summed E-state index contributed by atoms with van der Waals surface area (Å²) in [5.41, 5.74) is -0.478. The van der Waals surface area contributed by atoms with E-state index in [0.717, 1.165) is 12.1 Å². The van der Waals surface area contributed by atoms with Gasteiger partial charge >= 0.3 is 6.09 Å². The maximum absolute atomic E-state index is 13.7. The minimum Gasteiger partial charge on any atom is -0.444 e. The van der Waals surface area contributed by atoms with E-state index in [-0.39, 0.29) is 30.3 Å². The molecule has 0 aromatic heterocycles. The second kappa shape index (κ2) is 5.90. The Bertz CT molecular complexity index is 605. The van der Waals surface area contributed by atoms with Gasteiger partial charge in [0, 0.05) is 30.6 Å². The van der Waals surface area contributed by atoms with Crippen LogP contribution in [0.5, 0.6) is 0 Å². The SMILES string of the molecule is CC(C)(C)OC(=O)N1CC(/C(=N\O)c2ccc(F)cc2F)C1. The number of benzene rings is 1. The van der Waals surface area contributed by atoms with E-state index in [1.54, 1.807) is 20.8 Å². The van der Waals surface area contributed by atoms with Crippen LogP contribution in [0.25, 0.3) is 0 Å². The summed E-state index contributed by atoms with van der Waals surface area (Å²) in [6.07, 6.45) is -0.472. The van der Waals surface area contributed by atoms with Crippen molar-refractivity contribution in [1.82, 2.24) is 4.90 Å². The highest BCUT2D eigenvalue weighted by Crippen LogP contribution is 2.25. The number of likely N-dealkylation sites (tertiary alicyclic amines) is 1. The zero-order valence-electron chi connectivity index (χ0n) is 12.6. The Morgan fingerprint density at radius 3 is 2.50 bits per heavy atom. The number of ether oxygens (including phenoxy) is 1. The Balaban J connectivity index is 2.03. The first kappa shape index (κ1) is 16.2. The first-order chi connectivity index (χ1) is 10.2. The Labute approximate surface area is 127 Å². The summed E-state index contributed by atoms with van der Waals surface area (Å²) < 4.78 is 31.9. The van der Waals surface area contributed by atoms with Crippen molar-refractivity contribution in [3.05, 3.63) is 35.4 Å². The lowest BCUT2D eigenvalue weighted by Crippen LogP contribution is -2.54.